The first-order valence-corrected chi connectivity index (χ1v) is 11.6. The number of benzene rings is 1. The molecule has 164 valence electrons. The summed E-state index contributed by atoms with van der Waals surface area (Å²) in [5, 5.41) is 4.49. The van der Waals surface area contributed by atoms with E-state index in [0.717, 1.165) is 31.5 Å². The Labute approximate surface area is 183 Å². The van der Waals surface area contributed by atoms with Crippen LogP contribution in [0.4, 0.5) is 0 Å². The van der Waals surface area contributed by atoms with Crippen LogP contribution in [0.15, 0.2) is 36.4 Å². The molecule has 0 radical (unpaired) electrons. The van der Waals surface area contributed by atoms with Gasteiger partial charge in [-0.1, -0.05) is 36.8 Å². The van der Waals surface area contributed by atoms with Crippen molar-refractivity contribution >= 4 is 11.8 Å². The topological polar surface area (TPSA) is 61.7 Å². The zero-order chi connectivity index (χ0) is 21.2. The summed E-state index contributed by atoms with van der Waals surface area (Å²) in [4.78, 5) is 32.4. The van der Waals surface area contributed by atoms with Gasteiger partial charge in [-0.3, -0.25) is 14.3 Å². The first-order valence-electron chi connectivity index (χ1n) is 11.6. The maximum absolute atomic E-state index is 13.1. The molecular formula is C24H31N5O2. The second-order valence-corrected chi connectivity index (χ2v) is 8.97. The zero-order valence-electron chi connectivity index (χ0n) is 18.1. The number of hydrogen-bond donors (Lipinski definition) is 0. The first-order chi connectivity index (χ1) is 15.2. The highest BCUT2D eigenvalue weighted by Gasteiger charge is 2.32. The molecule has 3 aliphatic rings. The number of likely N-dealkylation sites (tertiary alicyclic amines) is 2. The minimum Gasteiger partial charge on any atom is -0.337 e. The largest absolute Gasteiger partial charge is 0.337 e. The molecule has 7 nitrogen and oxygen atoms in total. The molecule has 2 saturated heterocycles. The van der Waals surface area contributed by atoms with Gasteiger partial charge in [0.2, 0.25) is 0 Å². The monoisotopic (exact) mass is 421 g/mol. The van der Waals surface area contributed by atoms with Gasteiger partial charge in [0, 0.05) is 38.3 Å². The fraction of sp³-hybridized carbons (Fsp3) is 0.542. The average molecular weight is 422 g/mol. The Hall–Kier alpha value is -2.67. The van der Waals surface area contributed by atoms with Crippen LogP contribution in [-0.4, -0.2) is 75.1 Å². The maximum Gasteiger partial charge on any atom is 0.274 e. The van der Waals surface area contributed by atoms with Crippen LogP contribution in [-0.2, 0) is 13.1 Å². The van der Waals surface area contributed by atoms with E-state index in [4.69, 9.17) is 0 Å². The van der Waals surface area contributed by atoms with Crippen molar-refractivity contribution < 1.29 is 9.59 Å². The number of carbonyl (C=O) groups excluding carboxylic acids is 2. The molecule has 0 bridgehead atoms. The lowest BCUT2D eigenvalue weighted by molar-refractivity contribution is 0.0582. The van der Waals surface area contributed by atoms with Crippen LogP contribution in [0.2, 0.25) is 0 Å². The minimum absolute atomic E-state index is 0.0404. The number of hydrogen-bond acceptors (Lipinski definition) is 4. The highest BCUT2D eigenvalue weighted by atomic mass is 16.2. The van der Waals surface area contributed by atoms with E-state index in [1.807, 2.05) is 40.1 Å². The van der Waals surface area contributed by atoms with Crippen molar-refractivity contribution in [1.82, 2.24) is 24.5 Å². The molecule has 0 aliphatic carbocycles. The molecule has 1 aromatic carbocycles. The highest BCUT2D eigenvalue weighted by Crippen LogP contribution is 2.23. The smallest absolute Gasteiger partial charge is 0.274 e. The summed E-state index contributed by atoms with van der Waals surface area (Å²) in [6.45, 7) is 5.77. The van der Waals surface area contributed by atoms with E-state index >= 15 is 0 Å². The summed E-state index contributed by atoms with van der Waals surface area (Å²) < 4.78 is 1.71. The van der Waals surface area contributed by atoms with Crippen molar-refractivity contribution in [2.45, 2.75) is 51.2 Å². The molecule has 5 rings (SSSR count). The molecule has 1 aromatic heterocycles. The Morgan fingerprint density at radius 2 is 1.68 bits per heavy atom. The van der Waals surface area contributed by atoms with Crippen molar-refractivity contribution in [3.63, 3.8) is 0 Å². The van der Waals surface area contributed by atoms with Crippen LogP contribution in [0.5, 0.6) is 0 Å². The highest BCUT2D eigenvalue weighted by molar-refractivity contribution is 5.98. The Balaban J connectivity index is 1.22. The van der Waals surface area contributed by atoms with Gasteiger partial charge in [-0.25, -0.2) is 0 Å². The van der Waals surface area contributed by atoms with Gasteiger partial charge in [-0.2, -0.15) is 5.10 Å². The van der Waals surface area contributed by atoms with Gasteiger partial charge < -0.3 is 14.7 Å². The molecule has 0 N–H and O–H groups in total. The second kappa shape index (κ2) is 8.83. The molecule has 0 atom stereocenters. The van der Waals surface area contributed by atoms with Gasteiger partial charge in [0.25, 0.3) is 11.8 Å². The molecule has 4 heterocycles. The van der Waals surface area contributed by atoms with Crippen molar-refractivity contribution in [3.8, 4) is 0 Å². The van der Waals surface area contributed by atoms with Gasteiger partial charge in [0.1, 0.15) is 5.69 Å². The van der Waals surface area contributed by atoms with Crippen molar-refractivity contribution in [1.29, 1.82) is 0 Å². The lowest BCUT2D eigenvalue weighted by Crippen LogP contribution is -2.48. The van der Waals surface area contributed by atoms with Gasteiger partial charge in [0.05, 0.1) is 6.54 Å². The summed E-state index contributed by atoms with van der Waals surface area (Å²) >= 11 is 0. The molecule has 31 heavy (non-hydrogen) atoms. The standard InChI is InChI=1S/C24H31N5O2/c30-23(27-13-9-20(10-14-27)26-11-5-2-6-12-26)21-17-22-24(31)28(15-16-29(22)25-21)18-19-7-3-1-4-8-19/h1,3-4,7-8,17,20H,2,5-6,9-16,18H2. The van der Waals surface area contributed by atoms with Gasteiger partial charge >= 0.3 is 0 Å². The molecule has 2 amide bonds. The Bertz CT molecular complexity index is 927. The molecular weight excluding hydrogens is 390 g/mol. The van der Waals surface area contributed by atoms with E-state index in [0.29, 0.717) is 37.1 Å². The number of carbonyl (C=O) groups is 2. The van der Waals surface area contributed by atoms with Gasteiger partial charge in [0.15, 0.2) is 5.69 Å². The molecule has 2 fully saturated rings. The van der Waals surface area contributed by atoms with Crippen LogP contribution < -0.4 is 0 Å². The number of piperidine rings is 2. The number of fused-ring (bicyclic) bond motifs is 1. The fourth-order valence-corrected chi connectivity index (χ4v) is 5.18. The third-order valence-corrected chi connectivity index (χ3v) is 6.96. The molecule has 0 saturated carbocycles. The maximum atomic E-state index is 13.1. The van der Waals surface area contributed by atoms with E-state index in [1.165, 1.54) is 32.4 Å². The van der Waals surface area contributed by atoms with Gasteiger partial charge in [-0.15, -0.1) is 0 Å². The molecule has 2 aromatic rings. The summed E-state index contributed by atoms with van der Waals surface area (Å²) in [5.74, 6) is -0.0909. The van der Waals surface area contributed by atoms with Gasteiger partial charge in [-0.05, 0) is 44.3 Å². The molecule has 7 heteroatoms. The van der Waals surface area contributed by atoms with E-state index < -0.39 is 0 Å². The molecule has 3 aliphatic heterocycles. The lowest BCUT2D eigenvalue weighted by Gasteiger charge is -2.40. The van der Waals surface area contributed by atoms with Crippen molar-refractivity contribution in [3.05, 3.63) is 53.3 Å². The number of amides is 2. The van der Waals surface area contributed by atoms with E-state index in [-0.39, 0.29) is 11.8 Å². The Morgan fingerprint density at radius 1 is 0.935 bits per heavy atom. The van der Waals surface area contributed by atoms with E-state index in [9.17, 15) is 9.59 Å². The Morgan fingerprint density at radius 3 is 2.42 bits per heavy atom. The van der Waals surface area contributed by atoms with Crippen LogP contribution in [0, 0.1) is 0 Å². The molecule has 0 spiro atoms. The lowest BCUT2D eigenvalue weighted by atomic mass is 9.99. The summed E-state index contributed by atoms with van der Waals surface area (Å²) in [6, 6.07) is 12.3. The predicted octanol–water partition coefficient (Wildman–Crippen LogP) is 2.63. The normalized spacial score (nSPS) is 20.7. The van der Waals surface area contributed by atoms with Crippen LogP contribution in [0.25, 0.3) is 0 Å². The van der Waals surface area contributed by atoms with Crippen molar-refractivity contribution in [2.75, 3.05) is 32.7 Å². The van der Waals surface area contributed by atoms with E-state index in [2.05, 4.69) is 10.00 Å². The van der Waals surface area contributed by atoms with Crippen LogP contribution in [0.1, 0.15) is 58.6 Å². The minimum atomic E-state index is -0.0505. The fourth-order valence-electron chi connectivity index (χ4n) is 5.18. The predicted molar refractivity (Wildman–Crippen MR) is 118 cm³/mol. The summed E-state index contributed by atoms with van der Waals surface area (Å²) in [6.07, 6.45) is 6.01. The third kappa shape index (κ3) is 4.24. The third-order valence-electron chi connectivity index (χ3n) is 6.96. The average Bonchev–Trinajstić information content (AvgIpc) is 3.27. The summed E-state index contributed by atoms with van der Waals surface area (Å²) in [5.41, 5.74) is 2.03. The van der Waals surface area contributed by atoms with E-state index in [1.54, 1.807) is 10.7 Å². The first kappa shape index (κ1) is 20.2. The van der Waals surface area contributed by atoms with Crippen LogP contribution >= 0.6 is 0 Å². The zero-order valence-corrected chi connectivity index (χ0v) is 18.1. The second-order valence-electron chi connectivity index (χ2n) is 8.97. The number of nitrogens with zero attached hydrogens (tertiary/aromatic N) is 5. The SMILES string of the molecule is O=C(c1cc2n(n1)CCN(Cc1ccccc1)C2=O)N1CCC(N2CCCCC2)CC1. The number of rotatable bonds is 4. The Kier molecular flexibility index (Phi) is 5.76. The molecule has 0 unspecified atom stereocenters. The van der Waals surface area contributed by atoms with Crippen LogP contribution in [0.3, 0.4) is 0 Å². The quantitative estimate of drug-likeness (QED) is 0.762. The van der Waals surface area contributed by atoms with Crippen molar-refractivity contribution in [2.24, 2.45) is 0 Å². The number of aromatic nitrogens is 2. The summed E-state index contributed by atoms with van der Waals surface area (Å²) in [7, 11) is 0.